The fourth-order valence-corrected chi connectivity index (χ4v) is 3.69. The predicted octanol–water partition coefficient (Wildman–Crippen LogP) is -1.38. The first-order chi connectivity index (χ1) is 12.2. The number of aromatic nitrogens is 4. The first-order valence-corrected chi connectivity index (χ1v) is 10.0. The molecule has 0 spiro atoms. The van der Waals surface area contributed by atoms with Crippen LogP contribution in [0.4, 0.5) is 5.82 Å². The van der Waals surface area contributed by atoms with Crippen LogP contribution in [-0.4, -0.2) is 65.3 Å². The number of nitrogens with two attached hydrogens (primary N) is 1. The molecular formula is C12H17N5O7PS-. The van der Waals surface area contributed by atoms with E-state index in [1.54, 1.807) is 0 Å². The van der Waals surface area contributed by atoms with E-state index in [0.717, 1.165) is 0 Å². The van der Waals surface area contributed by atoms with Crippen LogP contribution < -0.4 is 10.6 Å². The lowest BCUT2D eigenvalue weighted by molar-refractivity contribution is -0.222. The molecule has 14 heteroatoms. The number of phosphoric ester groups is 1. The van der Waals surface area contributed by atoms with Gasteiger partial charge < -0.3 is 35.0 Å². The second kappa shape index (κ2) is 7.37. The Kier molecular flexibility index (Phi) is 5.51. The van der Waals surface area contributed by atoms with Gasteiger partial charge in [0.2, 0.25) is 0 Å². The molecule has 2 aromatic rings. The van der Waals surface area contributed by atoms with Crippen LogP contribution in [0.5, 0.6) is 0 Å². The Hall–Kier alpha value is -1.31. The number of thioether (sulfide) groups is 1. The highest BCUT2D eigenvalue weighted by Crippen LogP contribution is 2.38. The molecule has 0 saturated carbocycles. The van der Waals surface area contributed by atoms with Crippen molar-refractivity contribution >= 4 is 36.6 Å². The summed E-state index contributed by atoms with van der Waals surface area (Å²) in [6.45, 7) is 1.24. The number of imidazole rings is 1. The first kappa shape index (κ1) is 19.5. The third kappa shape index (κ3) is 3.70. The fraction of sp³-hybridized carbons (Fsp3) is 0.583. The second-order valence-electron chi connectivity index (χ2n) is 5.44. The average Bonchev–Trinajstić information content (AvgIpc) is 3.05. The highest BCUT2D eigenvalue weighted by molar-refractivity contribution is 7.99. The first-order valence-electron chi connectivity index (χ1n) is 7.54. The van der Waals surface area contributed by atoms with Crippen LogP contribution in [0.3, 0.4) is 0 Å². The number of aliphatic hydroxyl groups excluding tert-OH is 2. The van der Waals surface area contributed by atoms with Crippen molar-refractivity contribution in [3.05, 3.63) is 6.33 Å². The minimum Gasteiger partial charge on any atom is -0.756 e. The second-order valence-corrected chi connectivity index (χ2v) is 7.87. The summed E-state index contributed by atoms with van der Waals surface area (Å²) in [5, 5.41) is 21.0. The van der Waals surface area contributed by atoms with Gasteiger partial charge in [-0.3, -0.25) is 9.13 Å². The molecule has 5 N–H and O–H groups in total. The highest BCUT2D eigenvalue weighted by Gasteiger charge is 2.45. The third-order valence-electron chi connectivity index (χ3n) is 3.74. The van der Waals surface area contributed by atoms with E-state index in [4.69, 9.17) is 15.4 Å². The summed E-state index contributed by atoms with van der Waals surface area (Å²) in [5.41, 5.74) is 6.42. The zero-order valence-corrected chi connectivity index (χ0v) is 15.2. The van der Waals surface area contributed by atoms with Crippen LogP contribution in [0.25, 0.3) is 11.2 Å². The molecule has 0 amide bonds. The van der Waals surface area contributed by atoms with Crippen molar-refractivity contribution < 1.29 is 33.8 Å². The summed E-state index contributed by atoms with van der Waals surface area (Å²) < 4.78 is 22.1. The molecule has 0 aromatic carbocycles. The van der Waals surface area contributed by atoms with Gasteiger partial charge in [-0.25, -0.2) is 15.0 Å². The molecule has 0 radical (unpaired) electrons. The molecule has 3 rings (SSSR count). The van der Waals surface area contributed by atoms with Crippen molar-refractivity contribution in [2.24, 2.45) is 0 Å². The van der Waals surface area contributed by atoms with Crippen molar-refractivity contribution in [3.8, 4) is 0 Å². The van der Waals surface area contributed by atoms with Gasteiger partial charge in [0.1, 0.15) is 24.6 Å². The lowest BCUT2D eigenvalue weighted by Gasteiger charge is -2.20. The number of hydrogen-bond donors (Lipinski definition) is 4. The number of hydrogen-bond acceptors (Lipinski definition) is 11. The van der Waals surface area contributed by atoms with Gasteiger partial charge in [0.15, 0.2) is 28.4 Å². The monoisotopic (exact) mass is 406 g/mol. The zero-order chi connectivity index (χ0) is 19.1. The van der Waals surface area contributed by atoms with E-state index in [1.807, 2.05) is 6.92 Å². The topological polar surface area (TPSA) is 189 Å². The van der Waals surface area contributed by atoms with E-state index in [0.29, 0.717) is 22.1 Å². The summed E-state index contributed by atoms with van der Waals surface area (Å²) in [6.07, 6.45) is -3.95. The van der Waals surface area contributed by atoms with Crippen molar-refractivity contribution in [3.63, 3.8) is 0 Å². The highest BCUT2D eigenvalue weighted by atomic mass is 32.2. The molecule has 26 heavy (non-hydrogen) atoms. The molecule has 12 nitrogen and oxygen atoms in total. The van der Waals surface area contributed by atoms with Gasteiger partial charge in [-0.05, 0) is 5.75 Å². The van der Waals surface area contributed by atoms with E-state index in [2.05, 4.69) is 19.5 Å². The summed E-state index contributed by atoms with van der Waals surface area (Å²) in [7, 11) is -4.99. The smallest absolute Gasteiger partial charge is 0.265 e. The molecule has 1 saturated heterocycles. The van der Waals surface area contributed by atoms with Crippen molar-refractivity contribution in [2.45, 2.75) is 36.6 Å². The largest absolute Gasteiger partial charge is 0.756 e. The predicted molar refractivity (Wildman–Crippen MR) is 87.8 cm³/mol. The Labute approximate surface area is 151 Å². The maximum absolute atomic E-state index is 10.7. The number of anilines is 1. The number of nitrogen functional groups attached to an aromatic ring is 1. The third-order valence-corrected chi connectivity index (χ3v) is 5.05. The summed E-state index contributed by atoms with van der Waals surface area (Å²) >= 11 is 1.34. The average molecular weight is 406 g/mol. The number of ether oxygens (including phenoxy) is 1. The standard InChI is InChI=1S/C12H18N5O7PS/c1-2-26-12-16-6-9(13)14-4-15-10(6)17(12)11-8(19)7(18)5(24-11)3-23-25(20,21)22/h4-5,7-8,11,18-19H,2-3H2,1H3,(H2,13,14,15)(H2,20,21,22)/p-1/t5-,7-,8-,11-/m1/s1. The Morgan fingerprint density at radius 1 is 1.46 bits per heavy atom. The molecule has 144 valence electrons. The van der Waals surface area contributed by atoms with Gasteiger partial charge in [-0.2, -0.15) is 0 Å². The lowest BCUT2D eigenvalue weighted by atomic mass is 10.1. The SMILES string of the molecule is CCSc1nc2c(N)ncnc2n1[C@@H]1O[C@H](COP(=O)([O-])O)[C@@H](O)[C@H]1O. The molecular weight excluding hydrogens is 389 g/mol. The van der Waals surface area contributed by atoms with E-state index in [-0.39, 0.29) is 5.82 Å². The van der Waals surface area contributed by atoms with Gasteiger partial charge >= 0.3 is 0 Å². The van der Waals surface area contributed by atoms with E-state index in [9.17, 15) is 19.7 Å². The van der Waals surface area contributed by atoms with Crippen LogP contribution >= 0.6 is 19.6 Å². The molecule has 3 heterocycles. The summed E-state index contributed by atoms with van der Waals surface area (Å²) in [6, 6.07) is 0. The molecule has 1 unspecified atom stereocenters. The van der Waals surface area contributed by atoms with E-state index < -0.39 is 39.0 Å². The Bertz CT molecular complexity index is 845. The molecule has 0 aliphatic carbocycles. The van der Waals surface area contributed by atoms with Crippen LogP contribution in [-0.2, 0) is 13.8 Å². The summed E-state index contributed by atoms with van der Waals surface area (Å²) in [5.74, 6) is 0.797. The normalized spacial score (nSPS) is 28.5. The molecule has 1 aliphatic heterocycles. The number of rotatable bonds is 6. The fourth-order valence-electron chi connectivity index (χ4n) is 2.61. The number of nitrogens with zero attached hydrogens (tertiary/aromatic N) is 4. The maximum Gasteiger partial charge on any atom is 0.265 e. The van der Waals surface area contributed by atoms with Gasteiger partial charge in [0.05, 0.1) is 6.61 Å². The maximum atomic E-state index is 10.7. The van der Waals surface area contributed by atoms with Crippen molar-refractivity contribution in [1.82, 2.24) is 19.5 Å². The molecule has 1 fully saturated rings. The minimum absolute atomic E-state index is 0.146. The van der Waals surface area contributed by atoms with Crippen molar-refractivity contribution in [2.75, 3.05) is 18.1 Å². The molecule has 5 atom stereocenters. The van der Waals surface area contributed by atoms with Crippen molar-refractivity contribution in [1.29, 1.82) is 0 Å². The molecule has 2 aromatic heterocycles. The van der Waals surface area contributed by atoms with Gasteiger partial charge in [0.25, 0.3) is 7.82 Å². The van der Waals surface area contributed by atoms with Crippen LogP contribution in [0.2, 0.25) is 0 Å². The summed E-state index contributed by atoms with van der Waals surface area (Å²) in [4.78, 5) is 31.8. The van der Waals surface area contributed by atoms with Gasteiger partial charge in [-0.1, -0.05) is 18.7 Å². The Morgan fingerprint density at radius 2 is 2.19 bits per heavy atom. The number of phosphoric acid groups is 1. The lowest BCUT2D eigenvalue weighted by Crippen LogP contribution is -2.34. The quantitative estimate of drug-likeness (QED) is 0.325. The number of fused-ring (bicyclic) bond motifs is 1. The van der Waals surface area contributed by atoms with Crippen LogP contribution in [0, 0.1) is 0 Å². The van der Waals surface area contributed by atoms with E-state index in [1.165, 1.54) is 22.7 Å². The van der Waals surface area contributed by atoms with E-state index >= 15 is 0 Å². The minimum atomic E-state index is -4.99. The van der Waals surface area contributed by atoms with Crippen LogP contribution in [0.15, 0.2) is 11.5 Å². The Balaban J connectivity index is 1.96. The molecule has 1 aliphatic rings. The zero-order valence-electron chi connectivity index (χ0n) is 13.5. The number of aliphatic hydroxyl groups is 2. The van der Waals surface area contributed by atoms with Gasteiger partial charge in [0, 0.05) is 0 Å². The molecule has 0 bridgehead atoms. The van der Waals surface area contributed by atoms with Crippen LogP contribution in [0.1, 0.15) is 13.2 Å². The van der Waals surface area contributed by atoms with Gasteiger partial charge in [-0.15, -0.1) is 0 Å². The Morgan fingerprint density at radius 3 is 2.85 bits per heavy atom.